The molecular weight excluding hydrogens is 260 g/mol. The minimum absolute atomic E-state index is 0.172. The van der Waals surface area contributed by atoms with E-state index in [0.717, 1.165) is 12.2 Å². The molecule has 0 saturated heterocycles. The van der Waals surface area contributed by atoms with E-state index in [1.807, 2.05) is 18.2 Å². The monoisotopic (exact) mass is 292 g/mol. The first-order chi connectivity index (χ1) is 10.2. The average Bonchev–Trinajstić information content (AvgIpc) is 2.47. The molecule has 0 saturated carbocycles. The number of benzene rings is 1. The Labute approximate surface area is 130 Å². The third-order valence-electron chi connectivity index (χ3n) is 3.70. The second-order valence-electron chi connectivity index (χ2n) is 5.98. The number of unbranched alkanes of at least 4 members (excludes halogenated alkanes) is 5. The lowest BCUT2D eigenvalue weighted by Crippen LogP contribution is -2.28. The molecule has 0 amide bonds. The zero-order valence-corrected chi connectivity index (χ0v) is 13.9. The van der Waals surface area contributed by atoms with E-state index in [-0.39, 0.29) is 12.1 Å². The van der Waals surface area contributed by atoms with Gasteiger partial charge in [-0.15, -0.1) is 0 Å². The van der Waals surface area contributed by atoms with Crippen LogP contribution >= 0.6 is 0 Å². The summed E-state index contributed by atoms with van der Waals surface area (Å²) < 4.78 is 5.89. The number of hydrogen-bond acceptors (Lipinski definition) is 3. The summed E-state index contributed by atoms with van der Waals surface area (Å²) in [5, 5.41) is 0. The molecule has 1 aromatic rings. The zero-order chi connectivity index (χ0) is 15.5. The van der Waals surface area contributed by atoms with Crippen LogP contribution in [0.5, 0.6) is 5.75 Å². The van der Waals surface area contributed by atoms with Gasteiger partial charge in [-0.1, -0.05) is 63.6 Å². The zero-order valence-electron chi connectivity index (χ0n) is 13.9. The van der Waals surface area contributed by atoms with Crippen molar-refractivity contribution < 1.29 is 4.74 Å². The Kier molecular flexibility index (Phi) is 9.11. The van der Waals surface area contributed by atoms with Gasteiger partial charge >= 0.3 is 0 Å². The fourth-order valence-corrected chi connectivity index (χ4v) is 2.59. The summed E-state index contributed by atoms with van der Waals surface area (Å²) >= 11 is 0. The molecule has 0 aromatic heterocycles. The van der Waals surface area contributed by atoms with Crippen LogP contribution < -0.4 is 16.0 Å². The van der Waals surface area contributed by atoms with Gasteiger partial charge in [-0.25, -0.2) is 0 Å². The highest BCUT2D eigenvalue weighted by molar-refractivity contribution is 5.36. The molecule has 3 N–H and O–H groups in total. The number of hydrogen-bond donors (Lipinski definition) is 2. The van der Waals surface area contributed by atoms with Gasteiger partial charge in [0.1, 0.15) is 5.75 Å². The number of rotatable bonds is 11. The van der Waals surface area contributed by atoms with Gasteiger partial charge in [0, 0.05) is 11.6 Å². The maximum atomic E-state index is 5.89. The first-order valence-corrected chi connectivity index (χ1v) is 8.40. The van der Waals surface area contributed by atoms with E-state index >= 15 is 0 Å². The average molecular weight is 292 g/mol. The molecule has 3 nitrogen and oxygen atoms in total. The molecule has 0 aliphatic rings. The van der Waals surface area contributed by atoms with Gasteiger partial charge in [-0.3, -0.25) is 11.3 Å². The summed E-state index contributed by atoms with van der Waals surface area (Å²) in [7, 11) is 0. The molecule has 1 unspecified atom stereocenters. The number of ether oxygens (including phenoxy) is 1. The van der Waals surface area contributed by atoms with E-state index in [1.165, 1.54) is 44.1 Å². The van der Waals surface area contributed by atoms with Gasteiger partial charge in [0.05, 0.1) is 6.10 Å². The van der Waals surface area contributed by atoms with Gasteiger partial charge in [0.2, 0.25) is 0 Å². The molecule has 0 radical (unpaired) electrons. The molecule has 0 fully saturated rings. The molecule has 120 valence electrons. The third-order valence-corrected chi connectivity index (χ3v) is 3.70. The van der Waals surface area contributed by atoms with E-state index in [2.05, 4.69) is 32.3 Å². The van der Waals surface area contributed by atoms with E-state index < -0.39 is 0 Å². The highest BCUT2D eigenvalue weighted by Crippen LogP contribution is 2.29. The predicted molar refractivity (Wildman–Crippen MR) is 90.3 cm³/mol. The van der Waals surface area contributed by atoms with E-state index in [4.69, 9.17) is 10.6 Å². The molecular formula is C18H32N2O. The van der Waals surface area contributed by atoms with Crippen LogP contribution in [0.15, 0.2) is 24.3 Å². The Hall–Kier alpha value is -1.06. The second-order valence-corrected chi connectivity index (χ2v) is 5.98. The topological polar surface area (TPSA) is 47.3 Å². The number of para-hydroxylation sites is 1. The molecule has 0 aliphatic heterocycles. The van der Waals surface area contributed by atoms with Crippen molar-refractivity contribution in [2.75, 3.05) is 0 Å². The van der Waals surface area contributed by atoms with Crippen molar-refractivity contribution in [3.8, 4) is 5.75 Å². The Balaban J connectivity index is 2.51. The van der Waals surface area contributed by atoms with Gasteiger partial charge < -0.3 is 4.74 Å². The summed E-state index contributed by atoms with van der Waals surface area (Å²) in [6, 6.07) is 8.37. The maximum absolute atomic E-state index is 5.89. The Morgan fingerprint density at radius 3 is 2.38 bits per heavy atom. The largest absolute Gasteiger partial charge is 0.491 e. The first kappa shape index (κ1) is 18.0. The standard InChI is InChI=1S/C18H32N2O/c1-4-5-6-7-8-9-13-17(20-19)16-12-10-11-14-18(16)21-15(2)3/h10-12,14-15,17,20H,4-9,13,19H2,1-3H3. The van der Waals surface area contributed by atoms with Gasteiger partial charge in [0.25, 0.3) is 0 Å². The highest BCUT2D eigenvalue weighted by atomic mass is 16.5. The number of hydrazine groups is 1. The molecule has 0 spiro atoms. The Morgan fingerprint density at radius 1 is 1.05 bits per heavy atom. The van der Waals surface area contributed by atoms with E-state index in [0.29, 0.717) is 0 Å². The molecule has 1 aromatic carbocycles. The van der Waals surface area contributed by atoms with Crippen LogP contribution in [0.3, 0.4) is 0 Å². The summed E-state index contributed by atoms with van der Waals surface area (Å²) in [5.41, 5.74) is 4.12. The maximum Gasteiger partial charge on any atom is 0.124 e. The lowest BCUT2D eigenvalue weighted by Gasteiger charge is -2.21. The van der Waals surface area contributed by atoms with Crippen LogP contribution in [0.1, 0.15) is 77.3 Å². The normalized spacial score (nSPS) is 12.6. The lowest BCUT2D eigenvalue weighted by atomic mass is 9.99. The van der Waals surface area contributed by atoms with Gasteiger partial charge in [0.15, 0.2) is 0 Å². The van der Waals surface area contributed by atoms with Crippen LogP contribution in [0, 0.1) is 0 Å². The molecule has 0 aliphatic carbocycles. The molecule has 1 rings (SSSR count). The van der Waals surface area contributed by atoms with E-state index in [1.54, 1.807) is 0 Å². The fourth-order valence-electron chi connectivity index (χ4n) is 2.59. The van der Waals surface area contributed by atoms with Crippen molar-refractivity contribution in [1.82, 2.24) is 5.43 Å². The smallest absolute Gasteiger partial charge is 0.124 e. The minimum atomic E-state index is 0.172. The van der Waals surface area contributed by atoms with Crippen molar-refractivity contribution in [1.29, 1.82) is 0 Å². The second kappa shape index (κ2) is 10.6. The quantitative estimate of drug-likeness (QED) is 0.352. The van der Waals surface area contributed by atoms with Crippen molar-refractivity contribution in [3.05, 3.63) is 29.8 Å². The summed E-state index contributed by atoms with van der Waals surface area (Å²) in [4.78, 5) is 0. The SMILES string of the molecule is CCCCCCCCC(NN)c1ccccc1OC(C)C. The van der Waals surface area contributed by atoms with Crippen molar-refractivity contribution in [3.63, 3.8) is 0 Å². The van der Waals surface area contributed by atoms with Crippen LogP contribution in [0.2, 0.25) is 0 Å². The molecule has 3 heteroatoms. The fraction of sp³-hybridized carbons (Fsp3) is 0.667. The first-order valence-electron chi connectivity index (χ1n) is 8.40. The lowest BCUT2D eigenvalue weighted by molar-refractivity contribution is 0.237. The van der Waals surface area contributed by atoms with Crippen LogP contribution in [0.25, 0.3) is 0 Å². The number of nitrogens with one attached hydrogen (secondary N) is 1. The van der Waals surface area contributed by atoms with Crippen molar-refractivity contribution >= 4 is 0 Å². The highest BCUT2D eigenvalue weighted by Gasteiger charge is 2.15. The molecule has 1 atom stereocenters. The molecule has 0 heterocycles. The predicted octanol–water partition coefficient (Wildman–Crippen LogP) is 4.73. The van der Waals surface area contributed by atoms with Gasteiger partial charge in [-0.05, 0) is 26.3 Å². The van der Waals surface area contributed by atoms with Crippen LogP contribution in [-0.4, -0.2) is 6.10 Å². The van der Waals surface area contributed by atoms with Gasteiger partial charge in [-0.2, -0.15) is 0 Å². The van der Waals surface area contributed by atoms with Crippen LogP contribution in [0.4, 0.5) is 0 Å². The molecule has 0 bridgehead atoms. The third kappa shape index (κ3) is 6.96. The van der Waals surface area contributed by atoms with Crippen molar-refractivity contribution in [2.24, 2.45) is 5.84 Å². The van der Waals surface area contributed by atoms with Crippen molar-refractivity contribution in [2.45, 2.75) is 77.9 Å². The Morgan fingerprint density at radius 2 is 1.71 bits per heavy atom. The van der Waals surface area contributed by atoms with E-state index in [9.17, 15) is 0 Å². The Bertz CT molecular complexity index is 379. The minimum Gasteiger partial charge on any atom is -0.491 e. The number of nitrogens with two attached hydrogens (primary N) is 1. The summed E-state index contributed by atoms with van der Waals surface area (Å²) in [6.07, 6.45) is 9.05. The summed E-state index contributed by atoms with van der Waals surface area (Å²) in [6.45, 7) is 6.35. The summed E-state index contributed by atoms with van der Waals surface area (Å²) in [5.74, 6) is 6.71. The molecule has 21 heavy (non-hydrogen) atoms. The van der Waals surface area contributed by atoms with Crippen LogP contribution in [-0.2, 0) is 0 Å².